The Morgan fingerprint density at radius 2 is 1.87 bits per heavy atom. The van der Waals surface area contributed by atoms with Crippen molar-refractivity contribution in [3.05, 3.63) is 53.9 Å². The van der Waals surface area contributed by atoms with E-state index in [1.807, 2.05) is 6.07 Å². The highest BCUT2D eigenvalue weighted by Crippen LogP contribution is 2.33. The molecule has 1 atom stereocenters. The number of ether oxygens (including phenoxy) is 2. The fraction of sp³-hybridized carbons (Fsp3) is 0.458. The van der Waals surface area contributed by atoms with E-state index in [-0.39, 0.29) is 6.04 Å². The van der Waals surface area contributed by atoms with Crippen LogP contribution in [0.3, 0.4) is 0 Å². The Morgan fingerprint density at radius 1 is 1.00 bits per heavy atom. The largest absolute Gasteiger partial charge is 0.454 e. The molecule has 2 fully saturated rings. The zero-order valence-corrected chi connectivity index (χ0v) is 18.0. The van der Waals surface area contributed by atoms with E-state index < -0.39 is 0 Å². The minimum Gasteiger partial charge on any atom is -0.454 e. The molecule has 3 aliphatic rings. The van der Waals surface area contributed by atoms with Crippen LogP contribution in [0.2, 0.25) is 0 Å². The first-order chi connectivity index (χ1) is 15.2. The van der Waals surface area contributed by atoms with E-state index in [4.69, 9.17) is 14.5 Å². The van der Waals surface area contributed by atoms with Gasteiger partial charge in [0.2, 0.25) is 6.79 Å². The maximum absolute atomic E-state index is 5.56. The fourth-order valence-corrected chi connectivity index (χ4v) is 5.07. The van der Waals surface area contributed by atoms with Crippen LogP contribution < -0.4 is 14.4 Å². The molecule has 31 heavy (non-hydrogen) atoms. The second-order valence-electron chi connectivity index (χ2n) is 8.89. The Hall–Kier alpha value is -2.77. The molecule has 162 valence electrons. The van der Waals surface area contributed by atoms with E-state index in [0.29, 0.717) is 6.79 Å². The van der Waals surface area contributed by atoms with Crippen LogP contribution in [0.5, 0.6) is 11.5 Å². The highest BCUT2D eigenvalue weighted by molar-refractivity contribution is 5.53. The van der Waals surface area contributed by atoms with Gasteiger partial charge in [-0.1, -0.05) is 12.1 Å². The van der Waals surface area contributed by atoms with Gasteiger partial charge in [0.15, 0.2) is 11.5 Å². The molecule has 7 nitrogen and oxygen atoms in total. The lowest BCUT2D eigenvalue weighted by Crippen LogP contribution is -2.46. The van der Waals surface area contributed by atoms with Gasteiger partial charge in [0, 0.05) is 45.5 Å². The molecule has 3 aromatic rings. The van der Waals surface area contributed by atoms with Gasteiger partial charge < -0.3 is 14.4 Å². The second kappa shape index (κ2) is 7.73. The number of anilines is 1. The number of aromatic nitrogens is 2. The Bertz CT molecular complexity index is 1090. The van der Waals surface area contributed by atoms with Crippen molar-refractivity contribution in [1.82, 2.24) is 19.2 Å². The third-order valence-corrected chi connectivity index (χ3v) is 6.84. The summed E-state index contributed by atoms with van der Waals surface area (Å²) in [6, 6.07) is 13.0. The Kier molecular flexibility index (Phi) is 4.73. The third-order valence-electron chi connectivity index (χ3n) is 6.84. The van der Waals surface area contributed by atoms with Crippen molar-refractivity contribution in [1.29, 1.82) is 0 Å². The number of nitrogens with zero attached hydrogens (tertiary/aromatic N) is 5. The topological polar surface area (TPSA) is 45.5 Å². The quantitative estimate of drug-likeness (QED) is 0.647. The summed E-state index contributed by atoms with van der Waals surface area (Å²) in [6.45, 7) is 6.55. The molecule has 5 heterocycles. The number of benzene rings is 1. The van der Waals surface area contributed by atoms with E-state index in [1.165, 1.54) is 24.2 Å². The molecule has 1 unspecified atom stereocenters. The van der Waals surface area contributed by atoms with E-state index in [9.17, 15) is 0 Å². The molecule has 0 saturated carbocycles. The van der Waals surface area contributed by atoms with Gasteiger partial charge in [-0.15, -0.1) is 0 Å². The lowest BCUT2D eigenvalue weighted by Gasteiger charge is -2.38. The van der Waals surface area contributed by atoms with Crippen molar-refractivity contribution < 1.29 is 9.47 Å². The molecule has 1 aromatic carbocycles. The van der Waals surface area contributed by atoms with Crippen molar-refractivity contribution in [2.24, 2.45) is 0 Å². The summed E-state index contributed by atoms with van der Waals surface area (Å²) in [6.07, 6.45) is 4.81. The first-order valence-corrected chi connectivity index (χ1v) is 11.3. The minimum atomic E-state index is 0.286. The lowest BCUT2D eigenvalue weighted by atomic mass is 10.1. The molecular weight excluding hydrogens is 390 g/mol. The van der Waals surface area contributed by atoms with Crippen molar-refractivity contribution in [2.45, 2.75) is 25.4 Å². The minimum absolute atomic E-state index is 0.286. The van der Waals surface area contributed by atoms with Crippen LogP contribution >= 0.6 is 0 Å². The van der Waals surface area contributed by atoms with E-state index >= 15 is 0 Å². The van der Waals surface area contributed by atoms with Gasteiger partial charge in [-0.05, 0) is 49.7 Å². The number of fused-ring (bicyclic) bond motifs is 2. The highest BCUT2D eigenvalue weighted by atomic mass is 16.7. The van der Waals surface area contributed by atoms with Crippen LogP contribution in [0.1, 0.15) is 30.1 Å². The predicted molar refractivity (Wildman–Crippen MR) is 120 cm³/mol. The van der Waals surface area contributed by atoms with Gasteiger partial charge in [0.1, 0.15) is 11.5 Å². The van der Waals surface area contributed by atoms with Crippen LogP contribution in [0, 0.1) is 0 Å². The van der Waals surface area contributed by atoms with Crippen molar-refractivity contribution >= 4 is 11.5 Å². The molecular formula is C24H29N5O2. The van der Waals surface area contributed by atoms with Crippen molar-refractivity contribution in [2.75, 3.05) is 51.5 Å². The summed E-state index contributed by atoms with van der Waals surface area (Å²) in [4.78, 5) is 12.5. The standard InChI is InChI=1S/C24H29N5O2/c1-26-11-12-27(14-18-7-8-21-22(13-18)31-17-30-21)16-20(26)19-15-29-23(25-19)5-4-6-24(29)28-9-2-3-10-28/h4-8,13,15,20H,2-3,9-12,14,16-17H2,1H3. The average molecular weight is 420 g/mol. The summed E-state index contributed by atoms with van der Waals surface area (Å²) < 4.78 is 13.3. The first kappa shape index (κ1) is 19.0. The summed E-state index contributed by atoms with van der Waals surface area (Å²) in [5.74, 6) is 2.97. The number of rotatable bonds is 4. The number of likely N-dealkylation sites (N-methyl/N-ethyl adjacent to an activating group) is 1. The van der Waals surface area contributed by atoms with Gasteiger partial charge in [-0.25, -0.2) is 4.98 Å². The first-order valence-electron chi connectivity index (χ1n) is 11.3. The number of imidazole rings is 1. The molecule has 2 aromatic heterocycles. The van der Waals surface area contributed by atoms with E-state index in [0.717, 1.165) is 62.1 Å². The van der Waals surface area contributed by atoms with Gasteiger partial charge >= 0.3 is 0 Å². The molecule has 0 aliphatic carbocycles. The van der Waals surface area contributed by atoms with Crippen LogP contribution in [-0.2, 0) is 6.54 Å². The monoisotopic (exact) mass is 419 g/mol. The molecule has 6 rings (SSSR count). The summed E-state index contributed by atoms with van der Waals surface area (Å²) in [5.41, 5.74) is 3.46. The van der Waals surface area contributed by atoms with E-state index in [1.54, 1.807) is 0 Å². The Morgan fingerprint density at radius 3 is 2.77 bits per heavy atom. The van der Waals surface area contributed by atoms with Gasteiger partial charge in [-0.2, -0.15) is 0 Å². The van der Waals surface area contributed by atoms with Crippen molar-refractivity contribution in [3.63, 3.8) is 0 Å². The third kappa shape index (κ3) is 3.51. The van der Waals surface area contributed by atoms with E-state index in [2.05, 4.69) is 62.7 Å². The number of hydrogen-bond donors (Lipinski definition) is 0. The molecule has 0 spiro atoms. The number of piperazine rings is 1. The highest BCUT2D eigenvalue weighted by Gasteiger charge is 2.28. The summed E-state index contributed by atoms with van der Waals surface area (Å²) in [7, 11) is 2.22. The van der Waals surface area contributed by atoms with Gasteiger partial charge in [-0.3, -0.25) is 14.2 Å². The maximum Gasteiger partial charge on any atom is 0.231 e. The second-order valence-corrected chi connectivity index (χ2v) is 8.89. The SMILES string of the molecule is CN1CCN(Cc2ccc3c(c2)OCO3)CC1c1cn2c(N3CCCC3)cccc2n1. The van der Waals surface area contributed by atoms with Crippen LogP contribution in [0.4, 0.5) is 5.82 Å². The lowest BCUT2D eigenvalue weighted by molar-refractivity contribution is 0.0885. The Labute approximate surface area is 182 Å². The molecule has 7 heteroatoms. The zero-order valence-electron chi connectivity index (χ0n) is 18.0. The molecule has 0 bridgehead atoms. The molecule has 0 radical (unpaired) electrons. The zero-order chi connectivity index (χ0) is 20.8. The van der Waals surface area contributed by atoms with Crippen LogP contribution in [-0.4, -0.2) is 65.7 Å². The molecule has 0 N–H and O–H groups in total. The number of hydrogen-bond acceptors (Lipinski definition) is 6. The molecule has 0 amide bonds. The Balaban J connectivity index is 1.24. The smallest absolute Gasteiger partial charge is 0.231 e. The fourth-order valence-electron chi connectivity index (χ4n) is 5.07. The number of pyridine rings is 1. The van der Waals surface area contributed by atoms with Crippen LogP contribution in [0.25, 0.3) is 5.65 Å². The van der Waals surface area contributed by atoms with Crippen molar-refractivity contribution in [3.8, 4) is 11.5 Å². The van der Waals surface area contributed by atoms with Gasteiger partial charge in [0.25, 0.3) is 0 Å². The molecule has 3 aliphatic heterocycles. The van der Waals surface area contributed by atoms with Gasteiger partial charge in [0.05, 0.1) is 11.7 Å². The maximum atomic E-state index is 5.56. The normalized spacial score (nSPS) is 22.0. The molecule has 2 saturated heterocycles. The predicted octanol–water partition coefficient (Wildman–Crippen LogP) is 3.15. The van der Waals surface area contributed by atoms with Crippen LogP contribution in [0.15, 0.2) is 42.6 Å². The summed E-state index contributed by atoms with van der Waals surface area (Å²) in [5, 5.41) is 0. The summed E-state index contributed by atoms with van der Waals surface area (Å²) >= 11 is 0. The average Bonchev–Trinajstić information content (AvgIpc) is 3.54.